The highest BCUT2D eigenvalue weighted by Crippen LogP contribution is 2.44. The molecule has 1 heterocycles. The van der Waals surface area contributed by atoms with Crippen molar-refractivity contribution in [2.24, 2.45) is 0 Å². The standard InChI is InChI=1S/C21H25F3N2O/c1-4-5-7-14-10-11-16-15(12-14)8-6-9-17(16)19(21(22,23)24)26-20(2,3)13-18(27)25-26/h6,8-12,19H,4-5,7,13H2,1-3H3,(H,25,27). The lowest BCUT2D eigenvalue weighted by Gasteiger charge is -2.38. The van der Waals surface area contributed by atoms with E-state index in [1.54, 1.807) is 26.0 Å². The number of benzene rings is 2. The SMILES string of the molecule is CCCCc1ccc2c(C(N3NC(=O)CC3(C)C)C(F)(F)F)cccc2c1. The average molecular weight is 378 g/mol. The summed E-state index contributed by atoms with van der Waals surface area (Å²) in [5.41, 5.74) is 2.79. The predicted octanol–water partition coefficient (Wildman–Crippen LogP) is 5.30. The first-order valence-corrected chi connectivity index (χ1v) is 9.30. The Bertz CT molecular complexity index is 845. The number of rotatable bonds is 5. The molecule has 0 aromatic heterocycles. The van der Waals surface area contributed by atoms with E-state index in [2.05, 4.69) is 12.3 Å². The quantitative estimate of drug-likeness (QED) is 0.766. The normalized spacial score (nSPS) is 18.7. The van der Waals surface area contributed by atoms with Gasteiger partial charge in [0.05, 0.1) is 0 Å². The van der Waals surface area contributed by atoms with Gasteiger partial charge in [-0.05, 0) is 48.6 Å². The maximum absolute atomic E-state index is 14.1. The monoisotopic (exact) mass is 378 g/mol. The first-order valence-electron chi connectivity index (χ1n) is 9.30. The van der Waals surface area contributed by atoms with Crippen LogP contribution in [0.15, 0.2) is 36.4 Å². The molecule has 6 heteroatoms. The summed E-state index contributed by atoms with van der Waals surface area (Å²) in [6.45, 7) is 5.41. The molecule has 3 nitrogen and oxygen atoms in total. The van der Waals surface area contributed by atoms with Gasteiger partial charge in [-0.1, -0.05) is 49.7 Å². The summed E-state index contributed by atoms with van der Waals surface area (Å²) in [7, 11) is 0. The summed E-state index contributed by atoms with van der Waals surface area (Å²) < 4.78 is 42.3. The molecule has 2 aromatic rings. The summed E-state index contributed by atoms with van der Waals surface area (Å²) in [5.74, 6) is -0.392. The summed E-state index contributed by atoms with van der Waals surface area (Å²) in [6.07, 6.45) is -1.47. The second-order valence-corrected chi connectivity index (χ2v) is 7.84. The van der Waals surface area contributed by atoms with E-state index in [4.69, 9.17) is 0 Å². The first kappa shape index (κ1) is 19.7. The van der Waals surface area contributed by atoms with Crippen LogP contribution in [0.4, 0.5) is 13.2 Å². The molecule has 0 aliphatic carbocycles. The fourth-order valence-corrected chi connectivity index (χ4v) is 3.81. The van der Waals surface area contributed by atoms with Crippen molar-refractivity contribution in [3.63, 3.8) is 0 Å². The molecular weight excluding hydrogens is 353 g/mol. The van der Waals surface area contributed by atoms with Crippen molar-refractivity contribution in [2.45, 2.75) is 64.2 Å². The number of hydrazine groups is 1. The molecule has 1 amide bonds. The molecule has 0 radical (unpaired) electrons. The minimum Gasteiger partial charge on any atom is -0.287 e. The number of hydrogen-bond acceptors (Lipinski definition) is 2. The Morgan fingerprint density at radius 2 is 1.96 bits per heavy atom. The maximum Gasteiger partial charge on any atom is 0.409 e. The van der Waals surface area contributed by atoms with Crippen LogP contribution in [0.1, 0.15) is 57.2 Å². The molecule has 0 spiro atoms. The van der Waals surface area contributed by atoms with Gasteiger partial charge < -0.3 is 0 Å². The fourth-order valence-electron chi connectivity index (χ4n) is 3.81. The summed E-state index contributed by atoms with van der Waals surface area (Å²) >= 11 is 0. The zero-order valence-electron chi connectivity index (χ0n) is 15.9. The van der Waals surface area contributed by atoms with Crippen LogP contribution in [0, 0.1) is 0 Å². The second-order valence-electron chi connectivity index (χ2n) is 7.84. The maximum atomic E-state index is 14.1. The molecule has 1 aliphatic rings. The summed E-state index contributed by atoms with van der Waals surface area (Å²) in [4.78, 5) is 11.8. The number of carbonyl (C=O) groups is 1. The zero-order chi connectivity index (χ0) is 19.8. The number of amides is 1. The van der Waals surface area contributed by atoms with Gasteiger partial charge in [-0.3, -0.25) is 10.2 Å². The molecule has 146 valence electrons. The lowest BCUT2D eigenvalue weighted by atomic mass is 9.92. The van der Waals surface area contributed by atoms with E-state index in [9.17, 15) is 18.0 Å². The van der Waals surface area contributed by atoms with Gasteiger partial charge in [0.25, 0.3) is 0 Å². The van der Waals surface area contributed by atoms with Crippen molar-refractivity contribution in [1.29, 1.82) is 0 Å². The number of fused-ring (bicyclic) bond motifs is 1. The molecule has 1 atom stereocenters. The van der Waals surface area contributed by atoms with Crippen LogP contribution in [0.2, 0.25) is 0 Å². The largest absolute Gasteiger partial charge is 0.409 e. The third-order valence-electron chi connectivity index (χ3n) is 5.15. The molecule has 1 N–H and O–H groups in total. The number of halogens is 3. The van der Waals surface area contributed by atoms with E-state index in [0.717, 1.165) is 35.2 Å². The Morgan fingerprint density at radius 1 is 1.22 bits per heavy atom. The Labute approximate surface area is 157 Å². The van der Waals surface area contributed by atoms with Crippen molar-refractivity contribution in [3.05, 3.63) is 47.5 Å². The Kier molecular flexibility index (Phi) is 5.21. The van der Waals surface area contributed by atoms with Crippen molar-refractivity contribution in [3.8, 4) is 0 Å². The fraction of sp³-hybridized carbons (Fsp3) is 0.476. The van der Waals surface area contributed by atoms with E-state index in [1.807, 2.05) is 18.2 Å². The molecule has 1 fully saturated rings. The van der Waals surface area contributed by atoms with Crippen molar-refractivity contribution >= 4 is 16.7 Å². The molecule has 2 aromatic carbocycles. The smallest absolute Gasteiger partial charge is 0.287 e. The lowest BCUT2D eigenvalue weighted by Crippen LogP contribution is -2.51. The Balaban J connectivity index is 2.10. The molecule has 0 saturated carbocycles. The van der Waals surface area contributed by atoms with Gasteiger partial charge in [0.2, 0.25) is 5.91 Å². The molecule has 0 bridgehead atoms. The number of carbonyl (C=O) groups excluding carboxylic acids is 1. The third-order valence-corrected chi connectivity index (χ3v) is 5.15. The highest BCUT2D eigenvalue weighted by atomic mass is 19.4. The van der Waals surface area contributed by atoms with Gasteiger partial charge >= 0.3 is 6.18 Å². The van der Waals surface area contributed by atoms with Crippen LogP contribution in [-0.4, -0.2) is 22.6 Å². The van der Waals surface area contributed by atoms with Crippen LogP contribution < -0.4 is 5.43 Å². The summed E-state index contributed by atoms with van der Waals surface area (Å²) in [5, 5.41) is 2.42. The highest BCUT2D eigenvalue weighted by molar-refractivity contribution is 5.87. The number of hydrogen-bond donors (Lipinski definition) is 1. The van der Waals surface area contributed by atoms with Gasteiger partial charge in [-0.25, -0.2) is 0 Å². The van der Waals surface area contributed by atoms with Gasteiger partial charge in [-0.2, -0.15) is 18.2 Å². The van der Waals surface area contributed by atoms with E-state index in [0.29, 0.717) is 5.39 Å². The predicted molar refractivity (Wildman–Crippen MR) is 100 cm³/mol. The van der Waals surface area contributed by atoms with E-state index in [1.165, 1.54) is 6.07 Å². The molecule has 27 heavy (non-hydrogen) atoms. The Hall–Kier alpha value is -2.08. The number of unbranched alkanes of at least 4 members (excludes halogenated alkanes) is 1. The van der Waals surface area contributed by atoms with Gasteiger partial charge in [-0.15, -0.1) is 0 Å². The first-order chi connectivity index (χ1) is 12.6. The summed E-state index contributed by atoms with van der Waals surface area (Å²) in [6, 6.07) is 8.76. The van der Waals surface area contributed by atoms with Gasteiger partial charge in [0, 0.05) is 12.0 Å². The third kappa shape index (κ3) is 3.95. The molecule has 1 unspecified atom stereocenters. The Morgan fingerprint density at radius 3 is 2.56 bits per heavy atom. The van der Waals surface area contributed by atoms with Crippen molar-refractivity contribution in [2.75, 3.05) is 0 Å². The zero-order valence-corrected chi connectivity index (χ0v) is 15.9. The lowest BCUT2D eigenvalue weighted by molar-refractivity contribution is -0.203. The second kappa shape index (κ2) is 7.15. The molecule has 3 rings (SSSR count). The molecule has 1 saturated heterocycles. The van der Waals surface area contributed by atoms with E-state index < -0.39 is 23.7 Å². The number of aryl methyl sites for hydroxylation is 1. The topological polar surface area (TPSA) is 32.3 Å². The minimum absolute atomic E-state index is 0.0332. The van der Waals surface area contributed by atoms with Crippen LogP contribution in [0.5, 0.6) is 0 Å². The van der Waals surface area contributed by atoms with Crippen LogP contribution in [0.3, 0.4) is 0 Å². The molecule has 1 aliphatic heterocycles. The number of nitrogens with zero attached hydrogens (tertiary/aromatic N) is 1. The number of nitrogens with one attached hydrogen (secondary N) is 1. The van der Waals surface area contributed by atoms with Gasteiger partial charge in [0.1, 0.15) is 0 Å². The van der Waals surface area contributed by atoms with Crippen LogP contribution >= 0.6 is 0 Å². The minimum atomic E-state index is -4.52. The van der Waals surface area contributed by atoms with Crippen molar-refractivity contribution < 1.29 is 18.0 Å². The highest BCUT2D eigenvalue weighted by Gasteiger charge is 2.53. The van der Waals surface area contributed by atoms with Crippen LogP contribution in [0.25, 0.3) is 10.8 Å². The average Bonchev–Trinajstić information content (AvgIpc) is 2.84. The van der Waals surface area contributed by atoms with Gasteiger partial charge in [0.15, 0.2) is 6.04 Å². The van der Waals surface area contributed by atoms with E-state index in [-0.39, 0.29) is 12.0 Å². The van der Waals surface area contributed by atoms with Crippen molar-refractivity contribution in [1.82, 2.24) is 10.4 Å². The van der Waals surface area contributed by atoms with E-state index >= 15 is 0 Å². The van der Waals surface area contributed by atoms with Crippen LogP contribution in [-0.2, 0) is 11.2 Å². The molecular formula is C21H25F3N2O. The number of alkyl halides is 3.